The van der Waals surface area contributed by atoms with Crippen LogP contribution < -0.4 is 0 Å². The lowest BCUT2D eigenvalue weighted by molar-refractivity contribution is -0.147. The molecule has 2 rings (SSSR count). The van der Waals surface area contributed by atoms with Crippen LogP contribution in [0.5, 0.6) is 0 Å². The van der Waals surface area contributed by atoms with Crippen molar-refractivity contribution in [2.24, 2.45) is 5.92 Å². The molecular weight excluding hydrogens is 256 g/mol. The van der Waals surface area contributed by atoms with Gasteiger partial charge < -0.3 is 10.0 Å². The third-order valence-corrected chi connectivity index (χ3v) is 4.91. The molecule has 2 aliphatic heterocycles. The van der Waals surface area contributed by atoms with E-state index in [-0.39, 0.29) is 11.9 Å². The van der Waals surface area contributed by atoms with E-state index in [1.165, 1.54) is 0 Å². The summed E-state index contributed by atoms with van der Waals surface area (Å²) in [5, 5.41) is 9.12. The SMILES string of the molecule is CC1CCC(C)N1C(C)C(=O)N1CCCC(C(=O)O)C1. The fourth-order valence-corrected chi connectivity index (χ4v) is 3.75. The molecule has 2 saturated heterocycles. The Morgan fingerprint density at radius 2 is 1.75 bits per heavy atom. The molecule has 5 nitrogen and oxygen atoms in total. The van der Waals surface area contributed by atoms with Gasteiger partial charge in [-0.05, 0) is 46.5 Å². The second kappa shape index (κ2) is 6.12. The van der Waals surface area contributed by atoms with E-state index in [4.69, 9.17) is 5.11 Å². The van der Waals surface area contributed by atoms with Crippen molar-refractivity contribution in [3.05, 3.63) is 0 Å². The number of aliphatic carboxylic acids is 1. The molecular formula is C15H26N2O3. The summed E-state index contributed by atoms with van der Waals surface area (Å²) in [5.41, 5.74) is 0. The maximum atomic E-state index is 12.6. The van der Waals surface area contributed by atoms with Gasteiger partial charge in [-0.3, -0.25) is 14.5 Å². The Morgan fingerprint density at radius 1 is 1.15 bits per heavy atom. The molecule has 2 fully saturated rings. The van der Waals surface area contributed by atoms with Crippen LogP contribution in [0.4, 0.5) is 0 Å². The fourth-order valence-electron chi connectivity index (χ4n) is 3.75. The number of hydrogen-bond acceptors (Lipinski definition) is 3. The van der Waals surface area contributed by atoms with Crippen LogP contribution in [-0.4, -0.2) is 58.0 Å². The van der Waals surface area contributed by atoms with Crippen molar-refractivity contribution in [3.8, 4) is 0 Å². The first kappa shape index (κ1) is 15.3. The number of piperidine rings is 1. The highest BCUT2D eigenvalue weighted by Gasteiger charge is 2.37. The van der Waals surface area contributed by atoms with Crippen molar-refractivity contribution in [2.45, 2.75) is 64.6 Å². The second-order valence-corrected chi connectivity index (χ2v) is 6.36. The monoisotopic (exact) mass is 282 g/mol. The summed E-state index contributed by atoms with van der Waals surface area (Å²) in [6, 6.07) is 0.725. The van der Waals surface area contributed by atoms with Gasteiger partial charge in [0, 0.05) is 25.2 Å². The molecule has 5 heteroatoms. The summed E-state index contributed by atoms with van der Waals surface area (Å²) >= 11 is 0. The average Bonchev–Trinajstić information content (AvgIpc) is 2.76. The molecule has 2 heterocycles. The average molecular weight is 282 g/mol. The number of nitrogens with zero attached hydrogens (tertiary/aromatic N) is 2. The van der Waals surface area contributed by atoms with Gasteiger partial charge in [-0.15, -0.1) is 0 Å². The van der Waals surface area contributed by atoms with Crippen LogP contribution in [0, 0.1) is 5.92 Å². The van der Waals surface area contributed by atoms with Crippen molar-refractivity contribution in [2.75, 3.05) is 13.1 Å². The van der Waals surface area contributed by atoms with Gasteiger partial charge >= 0.3 is 5.97 Å². The summed E-state index contributed by atoms with van der Waals surface area (Å²) in [5.74, 6) is -1.08. The van der Waals surface area contributed by atoms with Gasteiger partial charge in [0.2, 0.25) is 5.91 Å². The maximum absolute atomic E-state index is 12.6. The molecule has 0 aliphatic carbocycles. The summed E-state index contributed by atoms with van der Waals surface area (Å²) < 4.78 is 0. The van der Waals surface area contributed by atoms with Crippen LogP contribution in [-0.2, 0) is 9.59 Å². The van der Waals surface area contributed by atoms with Crippen molar-refractivity contribution in [1.82, 2.24) is 9.80 Å². The lowest BCUT2D eigenvalue weighted by atomic mass is 9.97. The van der Waals surface area contributed by atoms with Gasteiger partial charge in [0.25, 0.3) is 0 Å². The third-order valence-electron chi connectivity index (χ3n) is 4.91. The van der Waals surface area contributed by atoms with Crippen molar-refractivity contribution >= 4 is 11.9 Å². The minimum absolute atomic E-state index is 0.0940. The topological polar surface area (TPSA) is 60.9 Å². The Balaban J connectivity index is 2.01. The number of amides is 1. The molecule has 1 amide bonds. The number of carboxylic acid groups (broad SMARTS) is 1. The molecule has 0 radical (unpaired) electrons. The summed E-state index contributed by atoms with van der Waals surface area (Å²) in [6.07, 6.45) is 3.75. The Morgan fingerprint density at radius 3 is 2.30 bits per heavy atom. The first-order valence-electron chi connectivity index (χ1n) is 7.70. The minimum Gasteiger partial charge on any atom is -0.481 e. The van der Waals surface area contributed by atoms with E-state index in [0.29, 0.717) is 31.6 Å². The number of rotatable bonds is 3. The highest BCUT2D eigenvalue weighted by atomic mass is 16.4. The lowest BCUT2D eigenvalue weighted by Gasteiger charge is -2.37. The standard InChI is InChI=1S/C15H26N2O3/c1-10-6-7-11(2)17(10)12(3)14(18)16-8-4-5-13(9-16)15(19)20/h10-13H,4-9H2,1-3H3,(H,19,20). The van der Waals surface area contributed by atoms with Crippen molar-refractivity contribution in [3.63, 3.8) is 0 Å². The van der Waals surface area contributed by atoms with Crippen LogP contribution in [0.1, 0.15) is 46.5 Å². The molecule has 0 aromatic carbocycles. The summed E-state index contributed by atoms with van der Waals surface area (Å²) in [7, 11) is 0. The van der Waals surface area contributed by atoms with Crippen LogP contribution in [0.3, 0.4) is 0 Å². The van der Waals surface area contributed by atoms with E-state index in [0.717, 1.165) is 19.3 Å². The number of hydrogen-bond donors (Lipinski definition) is 1. The van der Waals surface area contributed by atoms with E-state index in [1.807, 2.05) is 6.92 Å². The quantitative estimate of drug-likeness (QED) is 0.853. The van der Waals surface area contributed by atoms with Crippen molar-refractivity contribution < 1.29 is 14.7 Å². The Bertz CT molecular complexity index is 375. The molecule has 0 bridgehead atoms. The highest BCUT2D eigenvalue weighted by molar-refractivity contribution is 5.82. The van der Waals surface area contributed by atoms with E-state index in [9.17, 15) is 9.59 Å². The summed E-state index contributed by atoms with van der Waals surface area (Å²) in [6.45, 7) is 7.37. The van der Waals surface area contributed by atoms with Gasteiger partial charge in [0.1, 0.15) is 0 Å². The Kier molecular flexibility index (Phi) is 4.68. The zero-order chi connectivity index (χ0) is 14.9. The first-order chi connectivity index (χ1) is 9.41. The number of carbonyl (C=O) groups excluding carboxylic acids is 1. The van der Waals surface area contributed by atoms with Gasteiger partial charge in [-0.25, -0.2) is 0 Å². The molecule has 0 aromatic heterocycles. The van der Waals surface area contributed by atoms with Gasteiger partial charge in [0.15, 0.2) is 0 Å². The van der Waals surface area contributed by atoms with Crippen LogP contribution in [0.15, 0.2) is 0 Å². The molecule has 20 heavy (non-hydrogen) atoms. The molecule has 0 saturated carbocycles. The predicted molar refractivity (Wildman–Crippen MR) is 76.4 cm³/mol. The highest BCUT2D eigenvalue weighted by Crippen LogP contribution is 2.27. The zero-order valence-corrected chi connectivity index (χ0v) is 12.7. The molecule has 114 valence electrons. The van der Waals surface area contributed by atoms with Gasteiger partial charge in [-0.1, -0.05) is 0 Å². The van der Waals surface area contributed by atoms with E-state index in [2.05, 4.69) is 18.7 Å². The number of likely N-dealkylation sites (tertiary alicyclic amines) is 2. The molecule has 0 aromatic rings. The van der Waals surface area contributed by atoms with Crippen molar-refractivity contribution in [1.29, 1.82) is 0 Å². The smallest absolute Gasteiger partial charge is 0.308 e. The van der Waals surface area contributed by atoms with Crippen LogP contribution in [0.2, 0.25) is 0 Å². The zero-order valence-electron chi connectivity index (χ0n) is 12.7. The molecule has 2 aliphatic rings. The Labute approximate surface area is 120 Å². The maximum Gasteiger partial charge on any atom is 0.308 e. The molecule has 0 spiro atoms. The van der Waals surface area contributed by atoms with Gasteiger partial charge in [-0.2, -0.15) is 0 Å². The normalized spacial score (nSPS) is 33.1. The number of carboxylic acids is 1. The van der Waals surface area contributed by atoms with Gasteiger partial charge in [0.05, 0.1) is 12.0 Å². The minimum atomic E-state index is -0.780. The lowest BCUT2D eigenvalue weighted by Crippen LogP contribution is -2.53. The fraction of sp³-hybridized carbons (Fsp3) is 0.867. The predicted octanol–water partition coefficient (Wildman–Crippen LogP) is 1.57. The van der Waals surface area contributed by atoms with Crippen LogP contribution in [0.25, 0.3) is 0 Å². The number of carbonyl (C=O) groups is 2. The second-order valence-electron chi connectivity index (χ2n) is 6.36. The molecule has 4 atom stereocenters. The largest absolute Gasteiger partial charge is 0.481 e. The molecule has 1 N–H and O–H groups in total. The third kappa shape index (κ3) is 2.97. The van der Waals surface area contributed by atoms with E-state index in [1.54, 1.807) is 4.90 Å². The first-order valence-corrected chi connectivity index (χ1v) is 7.70. The Hall–Kier alpha value is -1.10. The van der Waals surface area contributed by atoms with Crippen LogP contribution >= 0.6 is 0 Å². The van der Waals surface area contributed by atoms with E-state index < -0.39 is 11.9 Å². The summed E-state index contributed by atoms with van der Waals surface area (Å²) in [4.78, 5) is 27.8. The van der Waals surface area contributed by atoms with E-state index >= 15 is 0 Å². The molecule has 4 unspecified atom stereocenters.